The molecule has 1 N–H and O–H groups in total. The highest BCUT2D eigenvalue weighted by atomic mass is 16.5. The number of nitrogens with one attached hydrogen (secondary N) is 1. The van der Waals surface area contributed by atoms with E-state index in [0.717, 1.165) is 0 Å². The van der Waals surface area contributed by atoms with Crippen LogP contribution in [0.25, 0.3) is 10.8 Å². The van der Waals surface area contributed by atoms with Crippen molar-refractivity contribution in [2.45, 2.75) is 53.1 Å². The minimum absolute atomic E-state index is 0.0233. The van der Waals surface area contributed by atoms with Crippen molar-refractivity contribution < 1.29 is 14.3 Å². The average Bonchev–Trinajstić information content (AvgIpc) is 2.63. The Morgan fingerprint density at radius 3 is 2.32 bits per heavy atom. The summed E-state index contributed by atoms with van der Waals surface area (Å²) in [7, 11) is 1.30. The summed E-state index contributed by atoms with van der Waals surface area (Å²) in [6.07, 6.45) is 0.462. The summed E-state index contributed by atoms with van der Waals surface area (Å²) < 4.78 is 6.22. The number of carbonyl (C=O) groups is 2. The summed E-state index contributed by atoms with van der Waals surface area (Å²) in [6, 6.07) is 6.44. The number of fused-ring (bicyclic) bond motifs is 1. The Morgan fingerprint density at radius 2 is 1.75 bits per heavy atom. The molecular weight excluding hydrogens is 358 g/mol. The third kappa shape index (κ3) is 5.41. The average molecular weight is 387 g/mol. The Bertz CT molecular complexity index is 902. The number of hydrogen-bond donors (Lipinski definition) is 1. The number of aromatic nitrogens is 2. The molecule has 1 unspecified atom stereocenters. The highest BCUT2D eigenvalue weighted by molar-refractivity contribution is 5.90. The first-order chi connectivity index (χ1) is 13.2. The van der Waals surface area contributed by atoms with Crippen LogP contribution in [0.15, 0.2) is 29.1 Å². The SMILES string of the molecule is COC(=O)C(CC(C)C)NC(=O)Cc1nn(CC(C)C)c(=O)c2ccccc12. The van der Waals surface area contributed by atoms with Crippen molar-refractivity contribution in [2.75, 3.05) is 7.11 Å². The lowest BCUT2D eigenvalue weighted by Crippen LogP contribution is -2.43. The molecule has 1 amide bonds. The van der Waals surface area contributed by atoms with E-state index < -0.39 is 12.0 Å². The van der Waals surface area contributed by atoms with Gasteiger partial charge in [-0.2, -0.15) is 5.10 Å². The van der Waals surface area contributed by atoms with Gasteiger partial charge in [-0.3, -0.25) is 9.59 Å². The first-order valence-corrected chi connectivity index (χ1v) is 9.58. The van der Waals surface area contributed by atoms with Gasteiger partial charge in [-0.1, -0.05) is 45.9 Å². The first kappa shape index (κ1) is 21.6. The largest absolute Gasteiger partial charge is 0.467 e. The molecular formula is C21H29N3O4. The van der Waals surface area contributed by atoms with E-state index in [-0.39, 0.29) is 29.7 Å². The van der Waals surface area contributed by atoms with Crippen molar-refractivity contribution in [1.82, 2.24) is 15.1 Å². The first-order valence-electron chi connectivity index (χ1n) is 9.58. The van der Waals surface area contributed by atoms with E-state index in [4.69, 9.17) is 4.74 Å². The number of nitrogens with zero attached hydrogens (tertiary/aromatic N) is 2. The molecule has 2 rings (SSSR count). The van der Waals surface area contributed by atoms with Crippen LogP contribution in [0.4, 0.5) is 0 Å². The van der Waals surface area contributed by atoms with Crippen LogP contribution in [0.2, 0.25) is 0 Å². The van der Waals surface area contributed by atoms with Gasteiger partial charge in [0.1, 0.15) is 6.04 Å². The van der Waals surface area contributed by atoms with Gasteiger partial charge in [-0.05, 0) is 24.3 Å². The van der Waals surface area contributed by atoms with Crippen molar-refractivity contribution in [3.8, 4) is 0 Å². The zero-order chi connectivity index (χ0) is 20.8. The van der Waals surface area contributed by atoms with Crippen molar-refractivity contribution in [1.29, 1.82) is 0 Å². The molecule has 0 fully saturated rings. The van der Waals surface area contributed by atoms with Gasteiger partial charge in [0.2, 0.25) is 5.91 Å². The predicted octanol–water partition coefficient (Wildman–Crippen LogP) is 2.30. The van der Waals surface area contributed by atoms with Gasteiger partial charge in [-0.25, -0.2) is 9.48 Å². The van der Waals surface area contributed by atoms with Crippen LogP contribution in [-0.2, 0) is 27.3 Å². The molecule has 1 aromatic carbocycles. The van der Waals surface area contributed by atoms with E-state index in [0.29, 0.717) is 29.4 Å². The lowest BCUT2D eigenvalue weighted by molar-refractivity contribution is -0.145. The Hall–Kier alpha value is -2.70. The third-order valence-corrected chi connectivity index (χ3v) is 4.34. The number of methoxy groups -OCH3 is 1. The summed E-state index contributed by atoms with van der Waals surface area (Å²) in [5.74, 6) is -0.341. The molecule has 152 valence electrons. The third-order valence-electron chi connectivity index (χ3n) is 4.34. The van der Waals surface area contributed by atoms with Crippen molar-refractivity contribution in [3.63, 3.8) is 0 Å². The molecule has 28 heavy (non-hydrogen) atoms. The van der Waals surface area contributed by atoms with Gasteiger partial charge in [-0.15, -0.1) is 0 Å². The summed E-state index contributed by atoms with van der Waals surface area (Å²) in [6.45, 7) is 8.42. The maximum absolute atomic E-state index is 12.7. The fourth-order valence-electron chi connectivity index (χ4n) is 3.13. The highest BCUT2D eigenvalue weighted by Gasteiger charge is 2.23. The molecule has 0 aliphatic heterocycles. The number of benzene rings is 1. The van der Waals surface area contributed by atoms with Crippen LogP contribution in [0.3, 0.4) is 0 Å². The minimum atomic E-state index is -0.703. The molecule has 2 aromatic rings. The maximum Gasteiger partial charge on any atom is 0.328 e. The second-order valence-corrected chi connectivity index (χ2v) is 7.82. The highest BCUT2D eigenvalue weighted by Crippen LogP contribution is 2.15. The zero-order valence-electron chi connectivity index (χ0n) is 17.2. The zero-order valence-corrected chi connectivity index (χ0v) is 17.2. The lowest BCUT2D eigenvalue weighted by Gasteiger charge is -2.18. The molecule has 1 aromatic heterocycles. The van der Waals surface area contributed by atoms with Crippen LogP contribution in [-0.4, -0.2) is 34.8 Å². The summed E-state index contributed by atoms with van der Waals surface area (Å²) >= 11 is 0. The Labute approximate surface area is 165 Å². The van der Waals surface area contributed by atoms with E-state index in [9.17, 15) is 14.4 Å². The number of carbonyl (C=O) groups excluding carboxylic acids is 2. The minimum Gasteiger partial charge on any atom is -0.467 e. The van der Waals surface area contributed by atoms with Gasteiger partial charge in [0.25, 0.3) is 5.56 Å². The van der Waals surface area contributed by atoms with Gasteiger partial charge in [0.05, 0.1) is 24.6 Å². The van der Waals surface area contributed by atoms with E-state index in [2.05, 4.69) is 10.4 Å². The Morgan fingerprint density at radius 1 is 1.11 bits per heavy atom. The van der Waals surface area contributed by atoms with Crippen LogP contribution in [0.1, 0.15) is 39.8 Å². The number of esters is 1. The quantitative estimate of drug-likeness (QED) is 0.702. The number of amides is 1. The van der Waals surface area contributed by atoms with Gasteiger partial charge in [0, 0.05) is 11.9 Å². The molecule has 7 heteroatoms. The lowest BCUT2D eigenvalue weighted by atomic mass is 10.0. The van der Waals surface area contributed by atoms with Gasteiger partial charge < -0.3 is 10.1 Å². The van der Waals surface area contributed by atoms with Crippen LogP contribution in [0, 0.1) is 11.8 Å². The number of ether oxygens (including phenoxy) is 1. The van der Waals surface area contributed by atoms with Crippen LogP contribution < -0.4 is 10.9 Å². The summed E-state index contributed by atoms with van der Waals surface area (Å²) in [4.78, 5) is 37.3. The second-order valence-electron chi connectivity index (χ2n) is 7.82. The number of rotatable bonds is 8. The fourth-order valence-corrected chi connectivity index (χ4v) is 3.13. The Kier molecular flexibility index (Phi) is 7.31. The van der Waals surface area contributed by atoms with E-state index in [1.165, 1.54) is 11.8 Å². The van der Waals surface area contributed by atoms with Crippen LogP contribution in [0.5, 0.6) is 0 Å². The molecule has 0 aliphatic rings. The summed E-state index contributed by atoms with van der Waals surface area (Å²) in [5, 5.41) is 8.38. The molecule has 0 bridgehead atoms. The van der Waals surface area contributed by atoms with Crippen molar-refractivity contribution >= 4 is 22.6 Å². The molecule has 1 heterocycles. The fraction of sp³-hybridized carbons (Fsp3) is 0.524. The monoisotopic (exact) mass is 387 g/mol. The van der Waals surface area contributed by atoms with E-state index in [1.807, 2.05) is 33.8 Å². The molecule has 7 nitrogen and oxygen atoms in total. The molecule has 1 atom stereocenters. The normalized spacial score (nSPS) is 12.4. The van der Waals surface area contributed by atoms with Crippen LogP contribution >= 0.6 is 0 Å². The Balaban J connectivity index is 2.33. The standard InChI is InChI=1S/C21H29N3O4/c1-13(2)10-18(21(27)28-5)22-19(25)11-17-15-8-6-7-9-16(15)20(26)24(23-17)12-14(3)4/h6-9,13-14,18H,10-12H2,1-5H3,(H,22,25). The maximum atomic E-state index is 12.7. The molecule has 0 aliphatic carbocycles. The molecule has 0 radical (unpaired) electrons. The van der Waals surface area contributed by atoms with E-state index >= 15 is 0 Å². The number of hydrogen-bond acceptors (Lipinski definition) is 5. The molecule has 0 spiro atoms. The summed E-state index contributed by atoms with van der Waals surface area (Å²) in [5.41, 5.74) is 0.349. The van der Waals surface area contributed by atoms with E-state index in [1.54, 1.807) is 18.2 Å². The van der Waals surface area contributed by atoms with Crippen molar-refractivity contribution in [3.05, 3.63) is 40.3 Å². The topological polar surface area (TPSA) is 90.3 Å². The predicted molar refractivity (Wildman–Crippen MR) is 108 cm³/mol. The van der Waals surface area contributed by atoms with Gasteiger partial charge >= 0.3 is 5.97 Å². The smallest absolute Gasteiger partial charge is 0.328 e. The molecule has 0 saturated heterocycles. The second kappa shape index (κ2) is 9.48. The van der Waals surface area contributed by atoms with Crippen molar-refractivity contribution in [2.24, 2.45) is 11.8 Å². The van der Waals surface area contributed by atoms with Gasteiger partial charge in [0.15, 0.2) is 0 Å². The molecule has 0 saturated carbocycles.